The molecule has 3 nitrogen and oxygen atoms in total. The van der Waals surface area contributed by atoms with Gasteiger partial charge in [-0.1, -0.05) is 6.08 Å². The van der Waals surface area contributed by atoms with Crippen LogP contribution in [0.3, 0.4) is 0 Å². The summed E-state index contributed by atoms with van der Waals surface area (Å²) in [5, 5.41) is 9.62. The summed E-state index contributed by atoms with van der Waals surface area (Å²) in [5.74, 6) is 0.0524. The largest absolute Gasteiger partial charge is 0.391 e. The summed E-state index contributed by atoms with van der Waals surface area (Å²) >= 11 is 0. The summed E-state index contributed by atoms with van der Waals surface area (Å²) in [6, 6.07) is 0. The molecule has 0 aromatic heterocycles. The molecule has 3 heteroatoms. The lowest BCUT2D eigenvalue weighted by atomic mass is 9.98. The van der Waals surface area contributed by atoms with Crippen LogP contribution in [-0.4, -0.2) is 34.1 Å². The van der Waals surface area contributed by atoms with Gasteiger partial charge in [0.25, 0.3) is 0 Å². The first-order chi connectivity index (χ1) is 6.00. The maximum absolute atomic E-state index is 11.6. The first kappa shape index (κ1) is 10.3. The van der Waals surface area contributed by atoms with Crippen molar-refractivity contribution in [1.82, 2.24) is 4.90 Å². The van der Waals surface area contributed by atoms with E-state index in [1.807, 2.05) is 13.8 Å². The predicted octanol–water partition coefficient (Wildman–Crippen LogP) is 0.934. The Bertz CT molecular complexity index is 223. The van der Waals surface area contributed by atoms with E-state index in [0.717, 1.165) is 0 Å². The number of nitrogens with zero attached hydrogens (tertiary/aromatic N) is 1. The number of hydrogen-bond acceptors (Lipinski definition) is 2. The number of likely N-dealkylation sites (tertiary alicyclic amines) is 1. The summed E-state index contributed by atoms with van der Waals surface area (Å²) in [6.45, 7) is 7.97. The van der Waals surface area contributed by atoms with Crippen LogP contribution < -0.4 is 0 Å². The number of amides is 1. The van der Waals surface area contributed by atoms with Crippen LogP contribution in [0.4, 0.5) is 0 Å². The molecule has 1 unspecified atom stereocenters. The average Bonchev–Trinajstić information content (AvgIpc) is 2.28. The van der Waals surface area contributed by atoms with Crippen molar-refractivity contribution in [1.29, 1.82) is 0 Å². The fourth-order valence-electron chi connectivity index (χ4n) is 1.75. The van der Waals surface area contributed by atoms with E-state index in [0.29, 0.717) is 19.4 Å². The number of aliphatic hydroxyl groups excluding tert-OH is 1. The molecule has 1 N–H and O–H groups in total. The lowest BCUT2D eigenvalue weighted by Gasteiger charge is -2.33. The van der Waals surface area contributed by atoms with Gasteiger partial charge in [0.1, 0.15) is 0 Å². The van der Waals surface area contributed by atoms with Gasteiger partial charge in [0.05, 0.1) is 11.6 Å². The van der Waals surface area contributed by atoms with Crippen LogP contribution in [0.5, 0.6) is 0 Å². The molecule has 0 aliphatic carbocycles. The molecule has 0 spiro atoms. The van der Waals surface area contributed by atoms with Crippen LogP contribution in [0.25, 0.3) is 0 Å². The second-order valence-electron chi connectivity index (χ2n) is 4.00. The quantitative estimate of drug-likeness (QED) is 0.647. The Hall–Kier alpha value is -0.830. The maximum Gasteiger partial charge on any atom is 0.226 e. The molecule has 1 aliphatic heterocycles. The predicted molar refractivity (Wildman–Crippen MR) is 51.2 cm³/mol. The molecule has 13 heavy (non-hydrogen) atoms. The number of rotatable bonds is 2. The van der Waals surface area contributed by atoms with Gasteiger partial charge in [-0.05, 0) is 20.3 Å². The van der Waals surface area contributed by atoms with Gasteiger partial charge >= 0.3 is 0 Å². The normalized spacial score (nSPS) is 26.1. The van der Waals surface area contributed by atoms with Gasteiger partial charge in [0, 0.05) is 13.0 Å². The van der Waals surface area contributed by atoms with E-state index >= 15 is 0 Å². The fraction of sp³-hybridized carbons (Fsp3) is 0.700. The molecule has 1 fully saturated rings. The Morgan fingerprint density at radius 2 is 2.38 bits per heavy atom. The fourth-order valence-corrected chi connectivity index (χ4v) is 1.75. The highest BCUT2D eigenvalue weighted by molar-refractivity contribution is 5.78. The molecular formula is C10H17NO2. The molecule has 1 saturated heterocycles. The van der Waals surface area contributed by atoms with E-state index in [2.05, 4.69) is 6.58 Å². The van der Waals surface area contributed by atoms with Crippen molar-refractivity contribution in [2.24, 2.45) is 0 Å². The minimum absolute atomic E-state index is 0.0524. The van der Waals surface area contributed by atoms with E-state index in [9.17, 15) is 9.90 Å². The van der Waals surface area contributed by atoms with Gasteiger partial charge in [-0.2, -0.15) is 0 Å². The van der Waals surface area contributed by atoms with Crippen molar-refractivity contribution in [3.8, 4) is 0 Å². The van der Waals surface area contributed by atoms with E-state index in [4.69, 9.17) is 0 Å². The molecule has 1 heterocycles. The molecule has 0 aromatic carbocycles. The second-order valence-corrected chi connectivity index (χ2v) is 4.00. The lowest BCUT2D eigenvalue weighted by molar-refractivity contribution is -0.135. The minimum atomic E-state index is -0.417. The Labute approximate surface area is 79.0 Å². The van der Waals surface area contributed by atoms with Crippen LogP contribution in [0.2, 0.25) is 0 Å². The molecule has 0 aromatic rings. The zero-order valence-electron chi connectivity index (χ0n) is 8.29. The smallest absolute Gasteiger partial charge is 0.226 e. The Morgan fingerprint density at radius 3 is 2.77 bits per heavy atom. The van der Waals surface area contributed by atoms with E-state index in [-0.39, 0.29) is 5.91 Å². The van der Waals surface area contributed by atoms with Crippen molar-refractivity contribution in [2.75, 3.05) is 6.54 Å². The highest BCUT2D eigenvalue weighted by atomic mass is 16.3. The maximum atomic E-state index is 11.6. The number of carbonyl (C=O) groups is 1. The number of hydrogen-bond donors (Lipinski definition) is 1. The van der Waals surface area contributed by atoms with E-state index in [1.54, 1.807) is 11.0 Å². The summed E-state index contributed by atoms with van der Waals surface area (Å²) in [7, 11) is 0. The molecular weight excluding hydrogens is 166 g/mol. The van der Waals surface area contributed by atoms with Crippen LogP contribution in [0.15, 0.2) is 12.7 Å². The van der Waals surface area contributed by atoms with Crippen LogP contribution >= 0.6 is 0 Å². The highest BCUT2D eigenvalue weighted by Gasteiger charge is 2.42. The third-order valence-corrected chi connectivity index (χ3v) is 2.76. The van der Waals surface area contributed by atoms with E-state index in [1.165, 1.54) is 0 Å². The number of carbonyl (C=O) groups excluding carboxylic acids is 1. The second kappa shape index (κ2) is 3.50. The van der Waals surface area contributed by atoms with Crippen molar-refractivity contribution in [3.05, 3.63) is 12.7 Å². The summed E-state index contributed by atoms with van der Waals surface area (Å²) in [5.41, 5.74) is -0.417. The van der Waals surface area contributed by atoms with Crippen molar-refractivity contribution >= 4 is 5.91 Å². The standard InChI is InChI=1S/C10H17NO2/c1-4-5-9(13)11-7-6-8(12)10(11,2)3/h4,8,12H,1,5-7H2,2-3H3. The van der Waals surface area contributed by atoms with Crippen molar-refractivity contribution in [3.63, 3.8) is 0 Å². The average molecular weight is 183 g/mol. The molecule has 0 saturated carbocycles. The summed E-state index contributed by atoms with van der Waals surface area (Å²) in [6.07, 6.45) is 2.23. The third-order valence-electron chi connectivity index (χ3n) is 2.76. The lowest BCUT2D eigenvalue weighted by Crippen LogP contribution is -2.47. The van der Waals surface area contributed by atoms with Crippen molar-refractivity contribution in [2.45, 2.75) is 38.3 Å². The third kappa shape index (κ3) is 1.75. The number of aliphatic hydroxyl groups is 1. The summed E-state index contributed by atoms with van der Waals surface area (Å²) in [4.78, 5) is 13.3. The van der Waals surface area contributed by atoms with Crippen LogP contribution in [0, 0.1) is 0 Å². The highest BCUT2D eigenvalue weighted by Crippen LogP contribution is 2.29. The SMILES string of the molecule is C=CCC(=O)N1CCC(O)C1(C)C. The summed E-state index contributed by atoms with van der Waals surface area (Å²) < 4.78 is 0. The Kier molecular flexibility index (Phi) is 2.76. The first-order valence-corrected chi connectivity index (χ1v) is 4.59. The topological polar surface area (TPSA) is 40.5 Å². The minimum Gasteiger partial charge on any atom is -0.391 e. The van der Waals surface area contributed by atoms with Gasteiger partial charge in [0.15, 0.2) is 0 Å². The molecule has 1 atom stereocenters. The van der Waals surface area contributed by atoms with Crippen LogP contribution in [-0.2, 0) is 4.79 Å². The zero-order valence-corrected chi connectivity index (χ0v) is 8.29. The first-order valence-electron chi connectivity index (χ1n) is 4.59. The molecule has 0 bridgehead atoms. The van der Waals surface area contributed by atoms with Gasteiger partial charge < -0.3 is 10.0 Å². The van der Waals surface area contributed by atoms with E-state index < -0.39 is 11.6 Å². The van der Waals surface area contributed by atoms with Crippen LogP contribution in [0.1, 0.15) is 26.7 Å². The zero-order chi connectivity index (χ0) is 10.1. The Balaban J connectivity index is 2.71. The monoisotopic (exact) mass is 183 g/mol. The van der Waals surface area contributed by atoms with Crippen molar-refractivity contribution < 1.29 is 9.90 Å². The van der Waals surface area contributed by atoms with Gasteiger partial charge in [-0.15, -0.1) is 6.58 Å². The van der Waals surface area contributed by atoms with Gasteiger partial charge in [0.2, 0.25) is 5.91 Å². The van der Waals surface area contributed by atoms with Gasteiger partial charge in [-0.3, -0.25) is 4.79 Å². The molecule has 1 aliphatic rings. The molecule has 1 amide bonds. The van der Waals surface area contributed by atoms with Gasteiger partial charge in [-0.25, -0.2) is 0 Å². The molecule has 0 radical (unpaired) electrons. The Morgan fingerprint density at radius 1 is 1.77 bits per heavy atom. The molecule has 74 valence electrons. The molecule has 1 rings (SSSR count).